The van der Waals surface area contributed by atoms with Crippen LogP contribution in [-0.2, 0) is 10.5 Å². The van der Waals surface area contributed by atoms with Gasteiger partial charge in [0.2, 0.25) is 0 Å². The van der Waals surface area contributed by atoms with Crippen LogP contribution in [0.15, 0.2) is 35.7 Å². The number of hydrogen-bond acceptors (Lipinski definition) is 5. The Morgan fingerprint density at radius 1 is 1.33 bits per heavy atom. The predicted molar refractivity (Wildman–Crippen MR) is 99.2 cm³/mol. The van der Waals surface area contributed by atoms with Crippen molar-refractivity contribution in [3.05, 3.63) is 57.3 Å². The van der Waals surface area contributed by atoms with Crippen molar-refractivity contribution < 1.29 is 19.4 Å². The number of thiophene rings is 1. The molecular weight excluding hydrogens is 344 g/mol. The average Bonchev–Trinajstić information content (AvgIpc) is 2.97. The van der Waals surface area contributed by atoms with Gasteiger partial charge in [0, 0.05) is 21.8 Å². The van der Waals surface area contributed by atoms with Crippen LogP contribution in [-0.4, -0.2) is 29.7 Å². The Bertz CT molecular complexity index is 762. The summed E-state index contributed by atoms with van der Waals surface area (Å²) in [5.74, 6) is 0.196. The molecule has 0 aliphatic heterocycles. The molecule has 1 aromatic carbocycles. The van der Waals surface area contributed by atoms with Crippen molar-refractivity contribution >= 4 is 40.9 Å². The van der Waals surface area contributed by atoms with Crippen LogP contribution in [0.5, 0.6) is 5.75 Å². The topological polar surface area (TPSA) is 63.6 Å². The molecule has 4 nitrogen and oxygen atoms in total. The number of aliphatic carboxylic acids is 1. The van der Waals surface area contributed by atoms with E-state index >= 15 is 0 Å². The molecule has 126 valence electrons. The molecule has 1 N–H and O–H groups in total. The molecule has 0 amide bonds. The lowest BCUT2D eigenvalue weighted by atomic mass is 10.1. The molecule has 0 fully saturated rings. The quantitative estimate of drug-likeness (QED) is 0.561. The number of hydrogen-bond donors (Lipinski definition) is 1. The molecule has 0 atom stereocenters. The van der Waals surface area contributed by atoms with Gasteiger partial charge in [0.15, 0.2) is 5.78 Å². The van der Waals surface area contributed by atoms with Gasteiger partial charge in [-0.3, -0.25) is 9.59 Å². The molecular formula is C18H18O4S2. The summed E-state index contributed by atoms with van der Waals surface area (Å²) in [5.41, 5.74) is 2.52. The molecule has 0 saturated heterocycles. The molecule has 1 heterocycles. The van der Waals surface area contributed by atoms with E-state index in [4.69, 9.17) is 9.84 Å². The molecule has 2 rings (SSSR count). The molecule has 0 unspecified atom stereocenters. The molecule has 0 spiro atoms. The first-order chi connectivity index (χ1) is 11.5. The van der Waals surface area contributed by atoms with Gasteiger partial charge in [0.1, 0.15) is 5.75 Å². The third-order valence-corrected chi connectivity index (χ3v) is 5.29. The first-order valence-corrected chi connectivity index (χ1v) is 9.27. The molecule has 2 aromatic rings. The van der Waals surface area contributed by atoms with Crippen LogP contribution in [0.4, 0.5) is 0 Å². The van der Waals surface area contributed by atoms with Crippen molar-refractivity contribution in [2.75, 3.05) is 12.9 Å². The number of thioether (sulfide) groups is 1. The Hall–Kier alpha value is -2.05. The number of carboxylic acid groups (broad SMARTS) is 1. The maximum absolute atomic E-state index is 12.4. The number of ether oxygens (including phenoxy) is 1. The van der Waals surface area contributed by atoms with E-state index in [1.807, 2.05) is 24.4 Å². The summed E-state index contributed by atoms with van der Waals surface area (Å²) in [6.45, 7) is 2.01. The van der Waals surface area contributed by atoms with Gasteiger partial charge in [-0.25, -0.2) is 0 Å². The zero-order valence-corrected chi connectivity index (χ0v) is 15.1. The van der Waals surface area contributed by atoms with E-state index in [0.717, 1.165) is 16.0 Å². The summed E-state index contributed by atoms with van der Waals surface area (Å²) in [6, 6.07) is 7.24. The van der Waals surface area contributed by atoms with Crippen molar-refractivity contribution in [3.63, 3.8) is 0 Å². The molecule has 0 radical (unpaired) electrons. The minimum atomic E-state index is -0.861. The van der Waals surface area contributed by atoms with E-state index in [9.17, 15) is 9.59 Å². The summed E-state index contributed by atoms with van der Waals surface area (Å²) in [5, 5.41) is 10.7. The van der Waals surface area contributed by atoms with Gasteiger partial charge in [-0.2, -0.15) is 0 Å². The monoisotopic (exact) mass is 362 g/mol. The lowest BCUT2D eigenvalue weighted by molar-refractivity contribution is -0.133. The minimum Gasteiger partial charge on any atom is -0.496 e. The maximum Gasteiger partial charge on any atom is 0.313 e. The number of ketones is 1. The van der Waals surface area contributed by atoms with Gasteiger partial charge in [-0.1, -0.05) is 0 Å². The summed E-state index contributed by atoms with van der Waals surface area (Å²) in [6.07, 6.45) is 3.39. The Labute approximate surface area is 149 Å². The van der Waals surface area contributed by atoms with Gasteiger partial charge < -0.3 is 9.84 Å². The molecule has 0 aliphatic rings. The van der Waals surface area contributed by atoms with E-state index < -0.39 is 5.97 Å². The fourth-order valence-electron chi connectivity index (χ4n) is 2.10. The zero-order valence-electron chi connectivity index (χ0n) is 13.4. The number of carboxylic acids is 1. The molecule has 1 aromatic heterocycles. The standard InChI is InChI=1S/C18H18O4S2/c1-12-7-8-24-17(12)6-4-15(19)13-3-5-16(22-2)14(9-13)10-23-11-18(20)21/h3-9H,10-11H2,1-2H3,(H,20,21)/b6-4+. The predicted octanol–water partition coefficient (Wildman–Crippen LogP) is 4.28. The smallest absolute Gasteiger partial charge is 0.313 e. The van der Waals surface area contributed by atoms with Gasteiger partial charge in [0.25, 0.3) is 0 Å². The van der Waals surface area contributed by atoms with Crippen molar-refractivity contribution in [2.45, 2.75) is 12.7 Å². The first-order valence-electron chi connectivity index (χ1n) is 7.24. The second-order valence-corrected chi connectivity index (χ2v) is 7.01. The van der Waals surface area contributed by atoms with Crippen molar-refractivity contribution in [3.8, 4) is 5.75 Å². The Balaban J connectivity index is 2.14. The summed E-state index contributed by atoms with van der Waals surface area (Å²) in [7, 11) is 1.56. The lowest BCUT2D eigenvalue weighted by Crippen LogP contribution is -2.01. The number of methoxy groups -OCH3 is 1. The third kappa shape index (κ3) is 4.97. The van der Waals surface area contributed by atoms with Crippen molar-refractivity contribution in [2.24, 2.45) is 0 Å². The second kappa shape index (κ2) is 8.70. The highest BCUT2D eigenvalue weighted by molar-refractivity contribution is 7.99. The van der Waals surface area contributed by atoms with Gasteiger partial charge in [-0.15, -0.1) is 23.1 Å². The van der Waals surface area contributed by atoms with E-state index in [1.165, 1.54) is 11.8 Å². The number of aryl methyl sites for hydroxylation is 1. The highest BCUT2D eigenvalue weighted by atomic mass is 32.2. The number of rotatable bonds is 8. The molecule has 0 aliphatic carbocycles. The van der Waals surface area contributed by atoms with Crippen LogP contribution in [0.3, 0.4) is 0 Å². The second-order valence-electron chi connectivity index (χ2n) is 5.08. The Kier molecular flexibility index (Phi) is 6.63. The van der Waals surface area contributed by atoms with Crippen LogP contribution in [0.1, 0.15) is 26.4 Å². The molecule has 24 heavy (non-hydrogen) atoms. The van der Waals surface area contributed by atoms with Crippen LogP contribution in [0.2, 0.25) is 0 Å². The average molecular weight is 362 g/mol. The lowest BCUT2D eigenvalue weighted by Gasteiger charge is -2.09. The molecule has 0 saturated carbocycles. The Morgan fingerprint density at radius 3 is 2.75 bits per heavy atom. The summed E-state index contributed by atoms with van der Waals surface area (Å²) < 4.78 is 5.28. The van der Waals surface area contributed by atoms with Crippen LogP contribution < -0.4 is 4.74 Å². The highest BCUT2D eigenvalue weighted by Crippen LogP contribution is 2.25. The first kappa shape index (κ1) is 18.3. The minimum absolute atomic E-state index is 0.0128. The molecule has 6 heteroatoms. The highest BCUT2D eigenvalue weighted by Gasteiger charge is 2.10. The number of allylic oxidation sites excluding steroid dienone is 1. The fourth-order valence-corrected chi connectivity index (χ4v) is 3.64. The summed E-state index contributed by atoms with van der Waals surface area (Å²) >= 11 is 2.86. The summed E-state index contributed by atoms with van der Waals surface area (Å²) in [4.78, 5) is 24.1. The van der Waals surface area contributed by atoms with Gasteiger partial charge in [-0.05, 0) is 54.3 Å². The van der Waals surface area contributed by atoms with E-state index in [0.29, 0.717) is 17.1 Å². The number of carbonyl (C=O) groups excluding carboxylic acids is 1. The van der Waals surface area contributed by atoms with E-state index in [2.05, 4.69) is 0 Å². The molecule has 0 bridgehead atoms. The van der Waals surface area contributed by atoms with E-state index in [1.54, 1.807) is 42.7 Å². The van der Waals surface area contributed by atoms with Crippen molar-refractivity contribution in [1.82, 2.24) is 0 Å². The largest absolute Gasteiger partial charge is 0.496 e. The number of carbonyl (C=O) groups is 2. The maximum atomic E-state index is 12.4. The Morgan fingerprint density at radius 2 is 2.12 bits per heavy atom. The third-order valence-electron chi connectivity index (χ3n) is 3.34. The van der Waals surface area contributed by atoms with Crippen LogP contribution in [0, 0.1) is 6.92 Å². The van der Waals surface area contributed by atoms with E-state index in [-0.39, 0.29) is 11.5 Å². The van der Waals surface area contributed by atoms with Crippen LogP contribution >= 0.6 is 23.1 Å². The SMILES string of the molecule is COc1ccc(C(=O)/C=C/c2sccc2C)cc1CSCC(=O)O. The van der Waals surface area contributed by atoms with Gasteiger partial charge >= 0.3 is 5.97 Å². The fraction of sp³-hybridized carbons (Fsp3) is 0.222. The number of benzene rings is 1. The van der Waals surface area contributed by atoms with Crippen molar-refractivity contribution in [1.29, 1.82) is 0 Å². The van der Waals surface area contributed by atoms with Crippen LogP contribution in [0.25, 0.3) is 6.08 Å². The normalized spacial score (nSPS) is 10.9. The zero-order chi connectivity index (χ0) is 17.5. The van der Waals surface area contributed by atoms with Gasteiger partial charge in [0.05, 0.1) is 12.9 Å².